The molecule has 0 aliphatic heterocycles. The maximum atomic E-state index is 4.47. The van der Waals surface area contributed by atoms with Gasteiger partial charge in [-0.25, -0.2) is 4.98 Å². The number of benzene rings is 2. The second-order valence-corrected chi connectivity index (χ2v) is 5.60. The normalized spacial score (nSPS) is 10.6. The van der Waals surface area contributed by atoms with Crippen LogP contribution in [0.15, 0.2) is 47.1 Å². The number of hydrogen-bond acceptors (Lipinski definition) is 4. The molecule has 0 unspecified atom stereocenters. The second kappa shape index (κ2) is 5.69. The number of hydrogen-bond donors (Lipinski definition) is 2. The Kier molecular flexibility index (Phi) is 3.75. The minimum atomic E-state index is 0.601. The van der Waals surface area contributed by atoms with Gasteiger partial charge in [0.2, 0.25) is 5.95 Å². The Morgan fingerprint density at radius 3 is 2.57 bits per heavy atom. The smallest absolute Gasteiger partial charge is 0.224 e. The van der Waals surface area contributed by atoms with E-state index in [1.165, 1.54) is 5.39 Å². The van der Waals surface area contributed by atoms with Gasteiger partial charge in [0.05, 0.1) is 0 Å². The fourth-order valence-electron chi connectivity index (χ4n) is 2.19. The number of rotatable bonds is 3. The van der Waals surface area contributed by atoms with E-state index in [1.807, 2.05) is 44.4 Å². The fourth-order valence-corrected chi connectivity index (χ4v) is 2.67. The Labute approximate surface area is 131 Å². The highest BCUT2D eigenvalue weighted by Crippen LogP contribution is 2.32. The number of nitrogens with zero attached hydrogens (tertiary/aromatic N) is 2. The van der Waals surface area contributed by atoms with Crippen LogP contribution in [-0.2, 0) is 0 Å². The molecule has 1 heterocycles. The summed E-state index contributed by atoms with van der Waals surface area (Å²) >= 11 is 3.59. The lowest BCUT2D eigenvalue weighted by Crippen LogP contribution is -2.02. The molecule has 21 heavy (non-hydrogen) atoms. The average molecular weight is 343 g/mol. The Balaban J connectivity index is 2.08. The molecule has 0 saturated carbocycles. The van der Waals surface area contributed by atoms with E-state index in [2.05, 4.69) is 48.7 Å². The van der Waals surface area contributed by atoms with Crippen LogP contribution >= 0.6 is 15.9 Å². The summed E-state index contributed by atoms with van der Waals surface area (Å²) in [4.78, 5) is 8.68. The molecule has 106 valence electrons. The van der Waals surface area contributed by atoms with Crippen molar-refractivity contribution in [3.8, 4) is 0 Å². The lowest BCUT2D eigenvalue weighted by atomic mass is 10.1. The quantitative estimate of drug-likeness (QED) is 0.736. The van der Waals surface area contributed by atoms with Crippen molar-refractivity contribution in [3.63, 3.8) is 0 Å². The zero-order valence-electron chi connectivity index (χ0n) is 11.8. The highest BCUT2D eigenvalue weighted by Gasteiger charge is 2.07. The maximum Gasteiger partial charge on any atom is 0.224 e. The van der Waals surface area contributed by atoms with E-state index in [1.54, 1.807) is 0 Å². The summed E-state index contributed by atoms with van der Waals surface area (Å²) in [7, 11) is 1.81. The molecule has 2 N–H and O–H groups in total. The van der Waals surface area contributed by atoms with Crippen molar-refractivity contribution in [2.75, 3.05) is 17.7 Å². The molecule has 4 nitrogen and oxygen atoms in total. The third-order valence-corrected chi connectivity index (χ3v) is 4.01. The van der Waals surface area contributed by atoms with Crippen molar-refractivity contribution in [1.29, 1.82) is 0 Å². The Bertz CT molecular complexity index is 801. The molecule has 0 fully saturated rings. The number of nitrogens with one attached hydrogen (secondary N) is 2. The van der Waals surface area contributed by atoms with Crippen LogP contribution in [0, 0.1) is 6.92 Å². The first-order valence-electron chi connectivity index (χ1n) is 6.64. The molecule has 0 atom stereocenters. The van der Waals surface area contributed by atoms with Gasteiger partial charge in [0.1, 0.15) is 5.82 Å². The molecule has 0 bridgehead atoms. The molecule has 3 aromatic rings. The minimum Gasteiger partial charge on any atom is -0.357 e. The lowest BCUT2D eigenvalue weighted by molar-refractivity contribution is 1.12. The summed E-state index contributed by atoms with van der Waals surface area (Å²) in [5.41, 5.74) is 2.03. The van der Waals surface area contributed by atoms with Gasteiger partial charge >= 0.3 is 0 Å². The van der Waals surface area contributed by atoms with Gasteiger partial charge < -0.3 is 10.6 Å². The van der Waals surface area contributed by atoms with Crippen LogP contribution in [0.3, 0.4) is 0 Å². The molecular weight excluding hydrogens is 328 g/mol. The topological polar surface area (TPSA) is 49.8 Å². The molecule has 1 aromatic heterocycles. The molecule has 0 spiro atoms. The average Bonchev–Trinajstić information content (AvgIpc) is 2.52. The van der Waals surface area contributed by atoms with Crippen LogP contribution < -0.4 is 10.6 Å². The molecule has 0 amide bonds. The molecule has 0 aliphatic rings. The van der Waals surface area contributed by atoms with Crippen LogP contribution in [0.1, 0.15) is 5.56 Å². The molecule has 0 aliphatic carbocycles. The van der Waals surface area contributed by atoms with E-state index in [0.29, 0.717) is 5.95 Å². The zero-order valence-corrected chi connectivity index (χ0v) is 13.4. The minimum absolute atomic E-state index is 0.601. The number of anilines is 3. The Hall–Kier alpha value is -2.14. The first kappa shape index (κ1) is 13.8. The lowest BCUT2D eigenvalue weighted by Gasteiger charge is -2.12. The van der Waals surface area contributed by atoms with Gasteiger partial charge in [-0.15, -0.1) is 0 Å². The van der Waals surface area contributed by atoms with Gasteiger partial charge in [0.15, 0.2) is 0 Å². The SMILES string of the molecule is CNc1ncc(C)c(Nc2ccc(Br)c3ccccc23)n1. The van der Waals surface area contributed by atoms with E-state index in [0.717, 1.165) is 26.9 Å². The number of fused-ring (bicyclic) bond motifs is 1. The van der Waals surface area contributed by atoms with Crippen molar-refractivity contribution < 1.29 is 0 Å². The zero-order chi connectivity index (χ0) is 14.8. The van der Waals surface area contributed by atoms with Crippen LogP contribution in [0.5, 0.6) is 0 Å². The highest BCUT2D eigenvalue weighted by atomic mass is 79.9. The maximum absolute atomic E-state index is 4.47. The van der Waals surface area contributed by atoms with Crippen LogP contribution in [0.25, 0.3) is 10.8 Å². The van der Waals surface area contributed by atoms with Crippen LogP contribution in [0.2, 0.25) is 0 Å². The van der Waals surface area contributed by atoms with Gasteiger partial charge in [0.25, 0.3) is 0 Å². The largest absolute Gasteiger partial charge is 0.357 e. The third-order valence-electron chi connectivity index (χ3n) is 3.32. The van der Waals surface area contributed by atoms with Gasteiger partial charge in [-0.05, 0) is 24.4 Å². The van der Waals surface area contributed by atoms with Crippen molar-refractivity contribution in [2.24, 2.45) is 0 Å². The predicted molar refractivity (Wildman–Crippen MR) is 91.2 cm³/mol. The highest BCUT2D eigenvalue weighted by molar-refractivity contribution is 9.10. The Morgan fingerprint density at radius 1 is 1.05 bits per heavy atom. The Morgan fingerprint density at radius 2 is 1.81 bits per heavy atom. The van der Waals surface area contributed by atoms with Crippen molar-refractivity contribution >= 4 is 44.2 Å². The van der Waals surface area contributed by atoms with Gasteiger partial charge in [-0.3, -0.25) is 0 Å². The molecular formula is C16H15BrN4. The standard InChI is InChI=1S/C16H15BrN4/c1-10-9-19-16(18-2)21-15(10)20-14-8-7-13(17)11-5-3-4-6-12(11)14/h3-9H,1-2H3,(H2,18,19,20,21). The summed E-state index contributed by atoms with van der Waals surface area (Å²) in [5, 5.41) is 8.68. The van der Waals surface area contributed by atoms with E-state index in [9.17, 15) is 0 Å². The van der Waals surface area contributed by atoms with Crippen molar-refractivity contribution in [3.05, 3.63) is 52.6 Å². The van der Waals surface area contributed by atoms with Crippen LogP contribution in [0.4, 0.5) is 17.5 Å². The molecule has 0 saturated heterocycles. The fraction of sp³-hybridized carbons (Fsp3) is 0.125. The third kappa shape index (κ3) is 2.69. The monoisotopic (exact) mass is 342 g/mol. The summed E-state index contributed by atoms with van der Waals surface area (Å²) in [6.45, 7) is 1.99. The summed E-state index contributed by atoms with van der Waals surface area (Å²) < 4.78 is 1.08. The van der Waals surface area contributed by atoms with Crippen LogP contribution in [-0.4, -0.2) is 17.0 Å². The van der Waals surface area contributed by atoms with Gasteiger partial charge in [-0.2, -0.15) is 4.98 Å². The summed E-state index contributed by atoms with van der Waals surface area (Å²) in [6, 6.07) is 12.3. The number of aryl methyl sites for hydroxylation is 1. The summed E-state index contributed by atoms with van der Waals surface area (Å²) in [6.07, 6.45) is 1.81. The molecule has 0 radical (unpaired) electrons. The van der Waals surface area contributed by atoms with E-state index < -0.39 is 0 Å². The van der Waals surface area contributed by atoms with Gasteiger partial charge in [-0.1, -0.05) is 40.2 Å². The van der Waals surface area contributed by atoms with Crippen molar-refractivity contribution in [1.82, 2.24) is 9.97 Å². The number of halogens is 1. The molecule has 5 heteroatoms. The molecule has 2 aromatic carbocycles. The van der Waals surface area contributed by atoms with Gasteiger partial charge in [0, 0.05) is 34.4 Å². The van der Waals surface area contributed by atoms with E-state index >= 15 is 0 Å². The first-order valence-corrected chi connectivity index (χ1v) is 7.44. The first-order chi connectivity index (χ1) is 10.2. The summed E-state index contributed by atoms with van der Waals surface area (Å²) in [5.74, 6) is 1.41. The predicted octanol–water partition coefficient (Wildman–Crippen LogP) is 4.49. The van der Waals surface area contributed by atoms with E-state index in [-0.39, 0.29) is 0 Å². The van der Waals surface area contributed by atoms with E-state index in [4.69, 9.17) is 0 Å². The van der Waals surface area contributed by atoms with Crippen molar-refractivity contribution in [2.45, 2.75) is 6.92 Å². The molecule has 3 rings (SSSR count). The number of aromatic nitrogens is 2. The second-order valence-electron chi connectivity index (χ2n) is 4.74.